The van der Waals surface area contributed by atoms with Gasteiger partial charge in [0.15, 0.2) is 0 Å². The van der Waals surface area contributed by atoms with Crippen LogP contribution in [-0.4, -0.2) is 28.0 Å². The molecule has 7 heteroatoms. The van der Waals surface area contributed by atoms with Crippen molar-refractivity contribution in [1.82, 2.24) is 4.72 Å². The van der Waals surface area contributed by atoms with Gasteiger partial charge in [0.2, 0.25) is 10.0 Å². The molecule has 0 aliphatic heterocycles. The topological polar surface area (TPSA) is 72.5 Å². The summed E-state index contributed by atoms with van der Waals surface area (Å²) in [5, 5.41) is 1.57. The molecular weight excluding hydrogens is 310 g/mol. The quantitative estimate of drug-likeness (QED) is 0.557. The number of ether oxygens (including phenoxy) is 1. The van der Waals surface area contributed by atoms with Crippen molar-refractivity contribution in [3.8, 4) is 0 Å². The van der Waals surface area contributed by atoms with Gasteiger partial charge in [0.1, 0.15) is 9.77 Å². The van der Waals surface area contributed by atoms with Crippen molar-refractivity contribution in [1.29, 1.82) is 0 Å². The third kappa shape index (κ3) is 5.76. The SMILES string of the molecule is COC(=O)c1sccc1S(=O)(=O)NCCCCCC(C)C. The Balaban J connectivity index is 2.51. The van der Waals surface area contributed by atoms with Crippen molar-refractivity contribution in [3.05, 3.63) is 16.3 Å². The molecular formula is C14H23NO4S2. The molecule has 0 radical (unpaired) electrons. The summed E-state index contributed by atoms with van der Waals surface area (Å²) in [6.45, 7) is 4.73. The maximum Gasteiger partial charge on any atom is 0.349 e. The van der Waals surface area contributed by atoms with E-state index in [4.69, 9.17) is 0 Å². The van der Waals surface area contributed by atoms with Crippen LogP contribution in [0.3, 0.4) is 0 Å². The number of sulfonamides is 1. The fraction of sp³-hybridized carbons (Fsp3) is 0.643. The number of nitrogens with one attached hydrogen (secondary N) is 1. The van der Waals surface area contributed by atoms with E-state index in [1.165, 1.54) is 13.2 Å². The van der Waals surface area contributed by atoms with E-state index >= 15 is 0 Å². The molecule has 0 atom stereocenters. The van der Waals surface area contributed by atoms with Gasteiger partial charge in [-0.1, -0.05) is 33.1 Å². The number of hydrogen-bond donors (Lipinski definition) is 1. The molecule has 5 nitrogen and oxygen atoms in total. The highest BCUT2D eigenvalue weighted by molar-refractivity contribution is 7.89. The van der Waals surface area contributed by atoms with Crippen LogP contribution in [0.2, 0.25) is 0 Å². The molecule has 0 saturated heterocycles. The average molecular weight is 333 g/mol. The van der Waals surface area contributed by atoms with Crippen molar-refractivity contribution < 1.29 is 17.9 Å². The van der Waals surface area contributed by atoms with Gasteiger partial charge in [-0.05, 0) is 23.8 Å². The molecule has 1 rings (SSSR count). The van der Waals surface area contributed by atoms with Crippen molar-refractivity contribution in [2.24, 2.45) is 5.92 Å². The van der Waals surface area contributed by atoms with E-state index in [0.717, 1.165) is 37.0 Å². The molecule has 0 spiro atoms. The van der Waals surface area contributed by atoms with Crippen LogP contribution in [-0.2, 0) is 14.8 Å². The number of carbonyl (C=O) groups is 1. The van der Waals surface area contributed by atoms with E-state index in [1.54, 1.807) is 5.38 Å². The molecule has 1 aromatic heterocycles. The van der Waals surface area contributed by atoms with Crippen molar-refractivity contribution in [2.75, 3.05) is 13.7 Å². The van der Waals surface area contributed by atoms with Crippen LogP contribution in [0.25, 0.3) is 0 Å². The van der Waals surface area contributed by atoms with Crippen LogP contribution in [0.5, 0.6) is 0 Å². The third-order valence-corrected chi connectivity index (χ3v) is 5.57. The number of rotatable bonds is 9. The van der Waals surface area contributed by atoms with E-state index in [-0.39, 0.29) is 9.77 Å². The van der Waals surface area contributed by atoms with Gasteiger partial charge in [-0.25, -0.2) is 17.9 Å². The van der Waals surface area contributed by atoms with Crippen LogP contribution < -0.4 is 4.72 Å². The first-order chi connectivity index (χ1) is 9.88. The third-order valence-electron chi connectivity index (χ3n) is 3.04. The maximum atomic E-state index is 12.2. The Bertz CT molecular complexity index is 549. The lowest BCUT2D eigenvalue weighted by Crippen LogP contribution is -2.25. The normalized spacial score (nSPS) is 11.8. The second-order valence-corrected chi connectivity index (χ2v) is 7.90. The number of thiophene rings is 1. The molecule has 0 bridgehead atoms. The lowest BCUT2D eigenvalue weighted by molar-refractivity contribution is 0.0602. The number of hydrogen-bond acceptors (Lipinski definition) is 5. The van der Waals surface area contributed by atoms with Gasteiger partial charge in [0.25, 0.3) is 0 Å². The van der Waals surface area contributed by atoms with Crippen molar-refractivity contribution in [2.45, 2.75) is 44.4 Å². The predicted molar refractivity (Wildman–Crippen MR) is 84.2 cm³/mol. The number of carbonyl (C=O) groups excluding carboxylic acids is 1. The maximum absolute atomic E-state index is 12.2. The Labute approximate surface area is 130 Å². The van der Waals surface area contributed by atoms with Gasteiger partial charge in [-0.15, -0.1) is 11.3 Å². The lowest BCUT2D eigenvalue weighted by Gasteiger charge is -2.07. The Kier molecular flexibility index (Phi) is 7.34. The molecule has 0 amide bonds. The first-order valence-electron chi connectivity index (χ1n) is 7.04. The second kappa shape index (κ2) is 8.51. The zero-order valence-electron chi connectivity index (χ0n) is 12.7. The van der Waals surface area contributed by atoms with E-state index in [2.05, 4.69) is 23.3 Å². The number of unbranched alkanes of at least 4 members (excludes halogenated alkanes) is 2. The Morgan fingerprint density at radius 1 is 1.33 bits per heavy atom. The van der Waals surface area contributed by atoms with Gasteiger partial charge >= 0.3 is 5.97 Å². The summed E-state index contributed by atoms with van der Waals surface area (Å²) >= 11 is 1.07. The summed E-state index contributed by atoms with van der Waals surface area (Å²) in [6, 6.07) is 1.43. The zero-order valence-corrected chi connectivity index (χ0v) is 14.4. The highest BCUT2D eigenvalue weighted by Crippen LogP contribution is 2.22. The first-order valence-corrected chi connectivity index (χ1v) is 9.40. The standard InChI is InChI=1S/C14H23NO4S2/c1-11(2)7-5-4-6-9-15-21(17,18)12-8-10-20-13(12)14(16)19-3/h8,10-11,15H,4-7,9H2,1-3H3. The van der Waals surface area contributed by atoms with Gasteiger partial charge in [0.05, 0.1) is 7.11 Å². The fourth-order valence-corrected chi connectivity index (χ4v) is 4.30. The van der Waals surface area contributed by atoms with Gasteiger partial charge in [-0.3, -0.25) is 0 Å². The van der Waals surface area contributed by atoms with Crippen LogP contribution in [0, 0.1) is 5.92 Å². The highest BCUT2D eigenvalue weighted by Gasteiger charge is 2.24. The molecule has 0 aliphatic carbocycles. The molecule has 0 aliphatic rings. The molecule has 120 valence electrons. The summed E-state index contributed by atoms with van der Waals surface area (Å²) < 4.78 is 31.5. The lowest BCUT2D eigenvalue weighted by atomic mass is 10.1. The number of esters is 1. The van der Waals surface area contributed by atoms with Crippen molar-refractivity contribution >= 4 is 27.3 Å². The molecule has 21 heavy (non-hydrogen) atoms. The largest absolute Gasteiger partial charge is 0.465 e. The first kappa shape index (κ1) is 18.1. The van der Waals surface area contributed by atoms with E-state index in [1.807, 2.05) is 0 Å². The zero-order chi connectivity index (χ0) is 15.9. The minimum atomic E-state index is -3.65. The summed E-state index contributed by atoms with van der Waals surface area (Å²) in [5.41, 5.74) is 0. The molecule has 1 N–H and O–H groups in total. The van der Waals surface area contributed by atoms with Gasteiger partial charge in [0, 0.05) is 6.54 Å². The van der Waals surface area contributed by atoms with E-state index in [0.29, 0.717) is 12.5 Å². The molecule has 0 aromatic carbocycles. The van der Waals surface area contributed by atoms with E-state index < -0.39 is 16.0 Å². The van der Waals surface area contributed by atoms with Crippen molar-refractivity contribution in [3.63, 3.8) is 0 Å². The molecule has 0 fully saturated rings. The van der Waals surface area contributed by atoms with Gasteiger partial charge in [-0.2, -0.15) is 0 Å². The molecule has 0 saturated carbocycles. The minimum Gasteiger partial charge on any atom is -0.465 e. The number of methoxy groups -OCH3 is 1. The summed E-state index contributed by atoms with van der Waals surface area (Å²) in [5.74, 6) is 0.0532. The fourth-order valence-electron chi connectivity index (χ4n) is 1.89. The smallest absolute Gasteiger partial charge is 0.349 e. The van der Waals surface area contributed by atoms with Gasteiger partial charge < -0.3 is 4.74 Å². The predicted octanol–water partition coefficient (Wildman–Crippen LogP) is 3.03. The molecule has 1 heterocycles. The Morgan fingerprint density at radius 2 is 2.05 bits per heavy atom. The van der Waals surface area contributed by atoms with Crippen LogP contribution in [0.15, 0.2) is 16.3 Å². The second-order valence-electron chi connectivity index (χ2n) is 5.25. The van der Waals surface area contributed by atoms with Crippen LogP contribution in [0.4, 0.5) is 0 Å². The summed E-state index contributed by atoms with van der Waals surface area (Å²) in [6.07, 6.45) is 4.05. The molecule has 0 unspecified atom stereocenters. The Morgan fingerprint density at radius 3 is 2.67 bits per heavy atom. The van der Waals surface area contributed by atoms with E-state index in [9.17, 15) is 13.2 Å². The summed E-state index contributed by atoms with van der Waals surface area (Å²) in [7, 11) is -2.41. The summed E-state index contributed by atoms with van der Waals surface area (Å²) in [4.78, 5) is 11.6. The van der Waals surface area contributed by atoms with Crippen LogP contribution in [0.1, 0.15) is 49.2 Å². The minimum absolute atomic E-state index is 0.00142. The average Bonchev–Trinajstić information content (AvgIpc) is 2.91. The Hall–Kier alpha value is -0.920. The monoisotopic (exact) mass is 333 g/mol. The molecule has 1 aromatic rings. The highest BCUT2D eigenvalue weighted by atomic mass is 32.2. The van der Waals surface area contributed by atoms with Crippen LogP contribution >= 0.6 is 11.3 Å².